The summed E-state index contributed by atoms with van der Waals surface area (Å²) in [6.07, 6.45) is 10.0. The van der Waals surface area contributed by atoms with Crippen molar-refractivity contribution in [1.82, 2.24) is 0 Å². The maximum Gasteiger partial charge on any atom is 4.00 e. The molecule has 1 rings (SSSR count). The van der Waals surface area contributed by atoms with E-state index in [0.717, 1.165) is 6.42 Å². The molecule has 0 aromatic carbocycles. The normalized spacial score (nSPS) is 10.0. The fourth-order valence-corrected chi connectivity index (χ4v) is 0.340. The third-order valence-electron chi connectivity index (χ3n) is 0.586. The molecule has 0 heterocycles. The van der Waals surface area contributed by atoms with Crippen molar-refractivity contribution >= 4 is 0 Å². The number of allylic oxidation sites excluding steroid dienone is 4. The molecule has 1 aliphatic carbocycles. The minimum absolute atomic E-state index is 0. The van der Waals surface area contributed by atoms with Crippen molar-refractivity contribution in [3.05, 3.63) is 40.9 Å². The summed E-state index contributed by atoms with van der Waals surface area (Å²) in [4.78, 5) is 0. The van der Waals surface area contributed by atoms with E-state index in [9.17, 15) is 0 Å². The Morgan fingerprint density at radius 2 is 1.31 bits per heavy atom. The second-order valence-electron chi connectivity index (χ2n) is 3.40. The van der Waals surface area contributed by atoms with Crippen LogP contribution in [0.5, 0.6) is 0 Å². The molecular formula is C13H26N2Zr. The van der Waals surface area contributed by atoms with Crippen LogP contribution in [0.25, 0.3) is 10.6 Å². The molecule has 0 bridgehead atoms. The van der Waals surface area contributed by atoms with E-state index >= 15 is 0 Å². The van der Waals surface area contributed by atoms with E-state index in [4.69, 9.17) is 0 Å². The average Bonchev–Trinajstić information content (AvgIpc) is 2.60. The van der Waals surface area contributed by atoms with E-state index in [0.29, 0.717) is 0 Å². The molecule has 0 fully saturated rings. The van der Waals surface area contributed by atoms with Gasteiger partial charge in [0.2, 0.25) is 0 Å². The van der Waals surface area contributed by atoms with Crippen LogP contribution in [0.4, 0.5) is 0 Å². The Balaban J connectivity index is -0.0000000607. The van der Waals surface area contributed by atoms with E-state index in [-0.39, 0.29) is 26.2 Å². The summed E-state index contributed by atoms with van der Waals surface area (Å²) in [5.41, 5.74) is 0. The number of hydrogen-bond donors (Lipinski definition) is 0. The Labute approximate surface area is 122 Å². The summed E-state index contributed by atoms with van der Waals surface area (Å²) in [5, 5.41) is 7.00. The standard InChI is InChI=1S/C5H5.C4H9.2C2H6N.Zr/c1-2-4-5-3-1;1-4(2)3;2*1-3-2;/h1-3H,4H2;1-3H3;2*1-2H3;/q4*-1;+4. The molecule has 0 saturated heterocycles. The minimum Gasteiger partial charge on any atom is -0.668 e. The fourth-order valence-electron chi connectivity index (χ4n) is 0.340. The van der Waals surface area contributed by atoms with E-state index in [1.165, 1.54) is 5.92 Å². The zero-order valence-corrected chi connectivity index (χ0v) is 14.3. The van der Waals surface area contributed by atoms with Crippen LogP contribution in [0.3, 0.4) is 0 Å². The van der Waals surface area contributed by atoms with Crippen molar-refractivity contribution in [3.8, 4) is 0 Å². The largest absolute Gasteiger partial charge is 4.00 e. The van der Waals surface area contributed by atoms with E-state index in [1.807, 2.05) is 12.2 Å². The molecule has 1 aliphatic rings. The van der Waals surface area contributed by atoms with Crippen LogP contribution in [0, 0.1) is 12.0 Å². The predicted octanol–water partition coefficient (Wildman–Crippen LogP) is 4.16. The third-order valence-corrected chi connectivity index (χ3v) is 0.586. The molecule has 3 heteroatoms. The van der Waals surface area contributed by atoms with Crippen LogP contribution in [-0.2, 0) is 26.2 Å². The second-order valence-corrected chi connectivity index (χ2v) is 3.40. The van der Waals surface area contributed by atoms with Gasteiger partial charge in [0.25, 0.3) is 0 Å². The Hall–Kier alpha value is 0.283. The van der Waals surface area contributed by atoms with Gasteiger partial charge in [-0.05, 0) is 0 Å². The smallest absolute Gasteiger partial charge is 0.668 e. The van der Waals surface area contributed by atoms with Gasteiger partial charge in [-0.3, -0.25) is 6.08 Å². The maximum absolute atomic E-state index is 3.50. The van der Waals surface area contributed by atoms with Gasteiger partial charge in [-0.1, -0.05) is 0 Å². The second kappa shape index (κ2) is 29.5. The Bertz CT molecular complexity index is 117. The van der Waals surface area contributed by atoms with Gasteiger partial charge in [0.15, 0.2) is 0 Å². The van der Waals surface area contributed by atoms with Crippen LogP contribution in [0.15, 0.2) is 18.2 Å². The Morgan fingerprint density at radius 1 is 1.00 bits per heavy atom. The first-order chi connectivity index (χ1) is 7.06. The summed E-state index contributed by atoms with van der Waals surface area (Å²) in [6.45, 7) is 6.25. The first kappa shape index (κ1) is 25.2. The summed E-state index contributed by atoms with van der Waals surface area (Å²) < 4.78 is 0. The predicted molar refractivity (Wildman–Crippen MR) is 72.2 cm³/mol. The van der Waals surface area contributed by atoms with Crippen molar-refractivity contribution < 1.29 is 26.2 Å². The Kier molecular flexibility index (Phi) is 46.5. The van der Waals surface area contributed by atoms with Crippen LogP contribution in [0.1, 0.15) is 27.2 Å². The van der Waals surface area contributed by atoms with Gasteiger partial charge in [0.05, 0.1) is 0 Å². The number of rotatable bonds is 0. The number of nitrogens with zero attached hydrogens (tertiary/aromatic N) is 2. The average molecular weight is 302 g/mol. The summed E-state index contributed by atoms with van der Waals surface area (Å²) >= 11 is 0. The molecule has 2 nitrogen and oxygen atoms in total. The molecule has 0 aromatic heterocycles. The third kappa shape index (κ3) is 90.3. The van der Waals surface area contributed by atoms with Crippen molar-refractivity contribution in [2.75, 3.05) is 28.2 Å². The number of hydrogen-bond acceptors (Lipinski definition) is 0. The van der Waals surface area contributed by atoms with Gasteiger partial charge in [0, 0.05) is 0 Å². The van der Waals surface area contributed by atoms with Crippen molar-refractivity contribution in [1.29, 1.82) is 0 Å². The molecule has 0 N–H and O–H groups in total. The van der Waals surface area contributed by atoms with Crippen molar-refractivity contribution in [2.45, 2.75) is 27.2 Å². The van der Waals surface area contributed by atoms with Gasteiger partial charge in [-0.25, -0.2) is 12.2 Å². The molecule has 0 radical (unpaired) electrons. The minimum atomic E-state index is 0. The quantitative estimate of drug-likeness (QED) is 0.601. The summed E-state index contributed by atoms with van der Waals surface area (Å²) in [6, 6.07) is 0. The van der Waals surface area contributed by atoms with Gasteiger partial charge in [0.1, 0.15) is 0 Å². The molecule has 16 heavy (non-hydrogen) atoms. The van der Waals surface area contributed by atoms with Crippen LogP contribution < -0.4 is 0 Å². The van der Waals surface area contributed by atoms with E-state index in [2.05, 4.69) is 43.6 Å². The molecule has 0 amide bonds. The van der Waals surface area contributed by atoms with Gasteiger partial charge < -0.3 is 16.6 Å². The molecule has 0 spiro atoms. The topological polar surface area (TPSA) is 28.2 Å². The first-order valence-electron chi connectivity index (χ1n) is 5.01. The monoisotopic (exact) mass is 300 g/mol. The first-order valence-corrected chi connectivity index (χ1v) is 5.01. The zero-order chi connectivity index (χ0) is 12.5. The maximum atomic E-state index is 3.50. The van der Waals surface area contributed by atoms with Crippen LogP contribution in [-0.4, -0.2) is 28.2 Å². The molecule has 0 saturated carbocycles. The summed E-state index contributed by atoms with van der Waals surface area (Å²) in [5.74, 6) is 1.42. The van der Waals surface area contributed by atoms with Crippen molar-refractivity contribution in [3.63, 3.8) is 0 Å². The summed E-state index contributed by atoms with van der Waals surface area (Å²) in [7, 11) is 7.00. The van der Waals surface area contributed by atoms with Gasteiger partial charge in [-0.2, -0.15) is 55.0 Å². The van der Waals surface area contributed by atoms with E-state index in [1.54, 1.807) is 28.2 Å². The van der Waals surface area contributed by atoms with Crippen LogP contribution in [0.2, 0.25) is 0 Å². The zero-order valence-electron chi connectivity index (χ0n) is 11.8. The van der Waals surface area contributed by atoms with Crippen molar-refractivity contribution in [2.24, 2.45) is 0 Å². The SMILES string of the molecule is C[C-](C)C.C[N-]C.C[N-]C.[C-]1=CC=CC1.[Zr+4]. The Morgan fingerprint density at radius 3 is 1.38 bits per heavy atom. The molecular weight excluding hydrogens is 275 g/mol. The molecule has 0 aliphatic heterocycles. The fraction of sp³-hybridized carbons (Fsp3) is 0.615. The molecule has 0 unspecified atom stereocenters. The van der Waals surface area contributed by atoms with Gasteiger partial charge >= 0.3 is 26.2 Å². The molecule has 0 atom stereocenters. The van der Waals surface area contributed by atoms with Crippen LogP contribution >= 0.6 is 0 Å². The van der Waals surface area contributed by atoms with E-state index < -0.39 is 0 Å². The molecule has 0 aromatic rings. The molecule has 92 valence electrons. The van der Waals surface area contributed by atoms with Gasteiger partial charge in [-0.15, -0.1) is 6.42 Å².